The molecule has 190 valence electrons. The number of ether oxygens (including phenoxy) is 2. The van der Waals surface area contributed by atoms with Gasteiger partial charge in [-0.3, -0.25) is 4.90 Å². The van der Waals surface area contributed by atoms with Gasteiger partial charge in [-0.05, 0) is 37.1 Å². The van der Waals surface area contributed by atoms with Crippen LogP contribution in [-0.4, -0.2) is 92.3 Å². The number of fused-ring (bicyclic) bond motifs is 2. The molecular weight excluding hydrogens is 470 g/mol. The average molecular weight is 499 g/mol. The van der Waals surface area contributed by atoms with Crippen molar-refractivity contribution in [2.75, 3.05) is 38.7 Å². The second kappa shape index (κ2) is 9.25. The summed E-state index contributed by atoms with van der Waals surface area (Å²) in [6, 6.07) is 7.56. The van der Waals surface area contributed by atoms with E-state index in [0.29, 0.717) is 55.1 Å². The first-order chi connectivity index (χ1) is 17.5. The van der Waals surface area contributed by atoms with Gasteiger partial charge >= 0.3 is 0 Å². The second-order valence-electron chi connectivity index (χ2n) is 9.46. The van der Waals surface area contributed by atoms with Gasteiger partial charge in [0.25, 0.3) is 0 Å². The lowest BCUT2D eigenvalue weighted by molar-refractivity contribution is -0.0794. The zero-order chi connectivity index (χ0) is 24.8. The van der Waals surface area contributed by atoms with Gasteiger partial charge in [-0.2, -0.15) is 4.98 Å². The van der Waals surface area contributed by atoms with Crippen LogP contribution in [-0.2, 0) is 11.3 Å². The molecule has 10 nitrogen and oxygen atoms in total. The predicted octanol–water partition coefficient (Wildman–Crippen LogP) is 2.73. The molecule has 2 aliphatic rings. The largest absolute Gasteiger partial charge is 0.479 e. The minimum Gasteiger partial charge on any atom is -0.479 e. The van der Waals surface area contributed by atoms with E-state index in [1.54, 1.807) is 16.3 Å². The van der Waals surface area contributed by atoms with Crippen LogP contribution >= 0.6 is 0 Å². The van der Waals surface area contributed by atoms with Crippen molar-refractivity contribution in [3.63, 3.8) is 0 Å². The molecule has 0 spiro atoms. The van der Waals surface area contributed by atoms with E-state index in [0.717, 1.165) is 23.2 Å². The van der Waals surface area contributed by atoms with Gasteiger partial charge in [0.15, 0.2) is 0 Å². The van der Waals surface area contributed by atoms with Crippen molar-refractivity contribution < 1.29 is 18.3 Å². The Hall–Kier alpha value is -3.38. The van der Waals surface area contributed by atoms with Gasteiger partial charge in [-0.25, -0.2) is 18.0 Å². The van der Waals surface area contributed by atoms with Crippen LogP contribution in [0.25, 0.3) is 27.7 Å². The Morgan fingerprint density at radius 1 is 1.28 bits per heavy atom. The molecule has 0 bridgehead atoms. The minimum atomic E-state index is -1.04. The first-order valence-electron chi connectivity index (χ1n) is 12.1. The standard InChI is InChI=1S/C24H28F2N8O2/c1-14(25)10-34-21-9-15(3-4-20(21)29-31-34)17-5-8-33-22(17)23(35-2)28-24(30-33)27-19-6-7-32(11-18(19)26)16-12-36-13-16/h3-5,8-9,14,16,18-19H,6-7,10-13H2,1-2H3,(H,27,30)/t14-,18-,19+/m1/s1. The number of methoxy groups -OCH3 is 1. The summed E-state index contributed by atoms with van der Waals surface area (Å²) in [6.07, 6.45) is 0.381. The number of hydrogen-bond donors (Lipinski definition) is 1. The SMILES string of the molecule is COc1nc(N[C@H]2CCN(C3COC3)C[C@H]2F)nn2ccc(-c3ccc4nnn(C[C@@H](C)F)c4c3)c12. The number of nitrogens with one attached hydrogen (secondary N) is 1. The summed E-state index contributed by atoms with van der Waals surface area (Å²) >= 11 is 0. The number of alkyl halides is 2. The first kappa shape index (κ1) is 23.0. The summed E-state index contributed by atoms with van der Waals surface area (Å²) in [4.78, 5) is 6.71. The lowest BCUT2D eigenvalue weighted by atomic mass is 10.0. The first-order valence-corrected chi connectivity index (χ1v) is 12.1. The molecule has 12 heteroatoms. The number of rotatable bonds is 7. The molecule has 4 aromatic rings. The van der Waals surface area contributed by atoms with Crippen LogP contribution in [0.15, 0.2) is 30.5 Å². The molecule has 3 atom stereocenters. The van der Waals surface area contributed by atoms with Gasteiger partial charge in [0.2, 0.25) is 11.8 Å². The summed E-state index contributed by atoms with van der Waals surface area (Å²) in [5.74, 6) is 0.681. The molecule has 2 aliphatic heterocycles. The van der Waals surface area contributed by atoms with Crippen molar-refractivity contribution in [2.24, 2.45) is 0 Å². The van der Waals surface area contributed by atoms with E-state index < -0.39 is 12.3 Å². The molecular formula is C24H28F2N8O2. The third kappa shape index (κ3) is 4.13. The van der Waals surface area contributed by atoms with Crippen molar-refractivity contribution in [2.45, 2.75) is 44.3 Å². The minimum absolute atomic E-state index is 0.126. The van der Waals surface area contributed by atoms with Gasteiger partial charge < -0.3 is 14.8 Å². The Morgan fingerprint density at radius 3 is 2.86 bits per heavy atom. The van der Waals surface area contributed by atoms with E-state index in [-0.39, 0.29) is 12.6 Å². The fourth-order valence-corrected chi connectivity index (χ4v) is 4.96. The van der Waals surface area contributed by atoms with E-state index >= 15 is 0 Å². The monoisotopic (exact) mass is 498 g/mol. The number of nitrogens with zero attached hydrogens (tertiary/aromatic N) is 7. The van der Waals surface area contributed by atoms with E-state index in [1.165, 1.54) is 6.92 Å². The summed E-state index contributed by atoms with van der Waals surface area (Å²) in [6.45, 7) is 4.14. The number of benzene rings is 1. The number of piperidine rings is 1. The quantitative estimate of drug-likeness (QED) is 0.416. The van der Waals surface area contributed by atoms with Crippen LogP contribution < -0.4 is 10.1 Å². The van der Waals surface area contributed by atoms with Crippen LogP contribution in [0.1, 0.15) is 13.3 Å². The maximum Gasteiger partial charge on any atom is 0.244 e. The van der Waals surface area contributed by atoms with Gasteiger partial charge in [0.1, 0.15) is 23.4 Å². The van der Waals surface area contributed by atoms with Gasteiger partial charge in [0.05, 0.1) is 44.5 Å². The molecule has 0 aliphatic carbocycles. The molecule has 0 amide bonds. The number of likely N-dealkylation sites (tertiary alicyclic amines) is 1. The average Bonchev–Trinajstić information content (AvgIpc) is 3.43. The summed E-state index contributed by atoms with van der Waals surface area (Å²) < 4.78 is 42.7. The molecule has 5 heterocycles. The van der Waals surface area contributed by atoms with Gasteiger partial charge in [-0.1, -0.05) is 11.3 Å². The van der Waals surface area contributed by atoms with Crippen LogP contribution in [0.4, 0.5) is 14.7 Å². The van der Waals surface area contributed by atoms with E-state index in [9.17, 15) is 8.78 Å². The van der Waals surface area contributed by atoms with Crippen LogP contribution in [0.3, 0.4) is 0 Å². The molecule has 1 N–H and O–H groups in total. The normalized spacial score (nSPS) is 22.1. The third-order valence-corrected chi connectivity index (χ3v) is 6.95. The molecule has 2 saturated heterocycles. The van der Waals surface area contributed by atoms with Crippen molar-refractivity contribution >= 4 is 22.5 Å². The van der Waals surface area contributed by atoms with Crippen LogP contribution in [0.2, 0.25) is 0 Å². The van der Waals surface area contributed by atoms with Crippen molar-refractivity contribution in [3.05, 3.63) is 30.5 Å². The Morgan fingerprint density at radius 2 is 2.14 bits per heavy atom. The number of aromatic nitrogens is 6. The van der Waals surface area contributed by atoms with Crippen molar-refractivity contribution in [1.29, 1.82) is 0 Å². The molecule has 36 heavy (non-hydrogen) atoms. The second-order valence-corrected chi connectivity index (χ2v) is 9.46. The lowest BCUT2D eigenvalue weighted by Crippen LogP contribution is -2.57. The molecule has 2 fully saturated rings. The highest BCUT2D eigenvalue weighted by molar-refractivity contribution is 5.89. The van der Waals surface area contributed by atoms with Gasteiger partial charge in [0, 0.05) is 24.8 Å². The molecule has 6 rings (SSSR count). The Bertz CT molecular complexity index is 1390. The zero-order valence-corrected chi connectivity index (χ0v) is 20.1. The highest BCUT2D eigenvalue weighted by Gasteiger charge is 2.35. The molecule has 3 aromatic heterocycles. The van der Waals surface area contributed by atoms with Crippen LogP contribution in [0.5, 0.6) is 5.88 Å². The maximum atomic E-state index is 15.0. The summed E-state index contributed by atoms with van der Waals surface area (Å²) in [5, 5.41) is 16.0. The number of halogens is 2. The Balaban J connectivity index is 1.28. The highest BCUT2D eigenvalue weighted by Crippen LogP contribution is 2.33. The molecule has 0 radical (unpaired) electrons. The van der Waals surface area contributed by atoms with Crippen molar-refractivity contribution in [1.82, 2.24) is 34.5 Å². The smallest absolute Gasteiger partial charge is 0.244 e. The lowest BCUT2D eigenvalue weighted by Gasteiger charge is -2.42. The summed E-state index contributed by atoms with van der Waals surface area (Å²) in [7, 11) is 1.55. The fourth-order valence-electron chi connectivity index (χ4n) is 4.96. The zero-order valence-electron chi connectivity index (χ0n) is 20.1. The number of hydrogen-bond acceptors (Lipinski definition) is 8. The maximum absolute atomic E-state index is 15.0. The van der Waals surface area contributed by atoms with Crippen molar-refractivity contribution in [3.8, 4) is 17.0 Å². The highest BCUT2D eigenvalue weighted by atomic mass is 19.1. The Labute approximate surface area is 206 Å². The number of anilines is 1. The van der Waals surface area contributed by atoms with E-state index in [4.69, 9.17) is 9.47 Å². The summed E-state index contributed by atoms with van der Waals surface area (Å²) in [5.41, 5.74) is 3.83. The van der Waals surface area contributed by atoms with Crippen LogP contribution in [0, 0.1) is 0 Å². The fraction of sp³-hybridized carbons (Fsp3) is 0.500. The topological polar surface area (TPSA) is 94.6 Å². The predicted molar refractivity (Wildman–Crippen MR) is 130 cm³/mol. The Kier molecular flexibility index (Phi) is 5.92. The third-order valence-electron chi connectivity index (χ3n) is 6.95. The molecule has 1 aromatic carbocycles. The van der Waals surface area contributed by atoms with Gasteiger partial charge in [-0.15, -0.1) is 10.2 Å². The van der Waals surface area contributed by atoms with E-state index in [2.05, 4.69) is 30.6 Å². The molecule has 0 saturated carbocycles. The van der Waals surface area contributed by atoms with E-state index in [1.807, 2.05) is 30.5 Å². The molecule has 0 unspecified atom stereocenters.